The number of nitrogens with one attached hydrogen (secondary N) is 1. The third-order valence-electron chi connectivity index (χ3n) is 2.25. The van der Waals surface area contributed by atoms with E-state index in [-0.39, 0.29) is 11.7 Å². The summed E-state index contributed by atoms with van der Waals surface area (Å²) in [6.45, 7) is 1.15. The molecule has 0 radical (unpaired) electrons. The molecule has 0 saturated carbocycles. The number of carbonyl (C=O) groups is 1. The van der Waals surface area contributed by atoms with Gasteiger partial charge in [-0.2, -0.15) is 0 Å². The van der Waals surface area contributed by atoms with Crippen LogP contribution in [0.1, 0.15) is 16.8 Å². The fourth-order valence-corrected chi connectivity index (χ4v) is 1.35. The second-order valence-electron chi connectivity index (χ2n) is 3.49. The zero-order chi connectivity index (χ0) is 12.7. The van der Waals surface area contributed by atoms with E-state index in [1.165, 1.54) is 13.2 Å². The van der Waals surface area contributed by atoms with Crippen molar-refractivity contribution in [3.05, 3.63) is 23.8 Å². The number of rotatable bonds is 6. The van der Waals surface area contributed by atoms with Crippen LogP contribution in [-0.2, 0) is 4.74 Å². The minimum Gasteiger partial charge on any atom is -0.504 e. The average molecular weight is 239 g/mol. The molecule has 0 unspecified atom stereocenters. The highest BCUT2D eigenvalue weighted by Crippen LogP contribution is 2.25. The molecule has 0 bridgehead atoms. The summed E-state index contributed by atoms with van der Waals surface area (Å²) in [6, 6.07) is 4.54. The van der Waals surface area contributed by atoms with Gasteiger partial charge in [0.2, 0.25) is 0 Å². The standard InChI is InChI=1S/C12H17NO4/c1-16-7-3-6-13-12(15)9-4-5-11(17-2)10(14)8-9/h4-5,8,14H,3,6-7H2,1-2H3,(H,13,15). The Morgan fingerprint density at radius 2 is 2.18 bits per heavy atom. The van der Waals surface area contributed by atoms with Gasteiger partial charge in [-0.3, -0.25) is 4.79 Å². The Morgan fingerprint density at radius 1 is 1.41 bits per heavy atom. The van der Waals surface area contributed by atoms with E-state index in [1.54, 1.807) is 19.2 Å². The lowest BCUT2D eigenvalue weighted by Gasteiger charge is -2.07. The first-order chi connectivity index (χ1) is 8.19. The monoisotopic (exact) mass is 239 g/mol. The molecule has 0 heterocycles. The van der Waals surface area contributed by atoms with Crippen molar-refractivity contribution in [2.45, 2.75) is 6.42 Å². The third kappa shape index (κ3) is 3.96. The number of aromatic hydroxyl groups is 1. The number of hydrogen-bond donors (Lipinski definition) is 2. The average Bonchev–Trinajstić information content (AvgIpc) is 2.34. The molecule has 0 spiro atoms. The number of hydrogen-bond acceptors (Lipinski definition) is 4. The molecule has 5 heteroatoms. The summed E-state index contributed by atoms with van der Waals surface area (Å²) in [7, 11) is 3.07. The molecular weight excluding hydrogens is 222 g/mol. The number of carbonyl (C=O) groups excluding carboxylic acids is 1. The lowest BCUT2D eigenvalue weighted by atomic mass is 10.2. The van der Waals surface area contributed by atoms with Gasteiger partial charge in [-0.25, -0.2) is 0 Å². The molecule has 2 N–H and O–H groups in total. The highest BCUT2D eigenvalue weighted by molar-refractivity contribution is 5.94. The van der Waals surface area contributed by atoms with E-state index in [2.05, 4.69) is 5.32 Å². The lowest BCUT2D eigenvalue weighted by Crippen LogP contribution is -2.25. The van der Waals surface area contributed by atoms with Crippen molar-refractivity contribution in [3.63, 3.8) is 0 Å². The Hall–Kier alpha value is -1.75. The minimum absolute atomic E-state index is 0.0444. The van der Waals surface area contributed by atoms with Gasteiger partial charge < -0.3 is 19.9 Å². The van der Waals surface area contributed by atoms with Gasteiger partial charge in [-0.1, -0.05) is 0 Å². The van der Waals surface area contributed by atoms with Crippen LogP contribution in [0.25, 0.3) is 0 Å². The Kier molecular flexibility index (Phi) is 5.29. The normalized spacial score (nSPS) is 10.0. The number of ether oxygens (including phenoxy) is 2. The van der Waals surface area contributed by atoms with Crippen molar-refractivity contribution in [1.29, 1.82) is 0 Å². The summed E-state index contributed by atoms with van der Waals surface area (Å²) in [5, 5.41) is 12.3. The van der Waals surface area contributed by atoms with E-state index in [0.29, 0.717) is 24.5 Å². The van der Waals surface area contributed by atoms with Crippen LogP contribution in [0.4, 0.5) is 0 Å². The molecule has 0 aliphatic heterocycles. The zero-order valence-corrected chi connectivity index (χ0v) is 10.0. The van der Waals surface area contributed by atoms with E-state index in [1.807, 2.05) is 0 Å². The van der Waals surface area contributed by atoms with Gasteiger partial charge in [-0.05, 0) is 24.6 Å². The molecule has 1 rings (SSSR count). The van der Waals surface area contributed by atoms with Crippen LogP contribution in [0.15, 0.2) is 18.2 Å². The first kappa shape index (κ1) is 13.3. The summed E-state index contributed by atoms with van der Waals surface area (Å²) >= 11 is 0. The number of phenolic OH excluding ortho intramolecular Hbond substituents is 1. The number of benzene rings is 1. The molecule has 0 aliphatic carbocycles. The predicted molar refractivity (Wildman–Crippen MR) is 63.5 cm³/mol. The van der Waals surface area contributed by atoms with Crippen LogP contribution in [0.5, 0.6) is 11.5 Å². The molecule has 94 valence electrons. The summed E-state index contributed by atoms with van der Waals surface area (Å²) < 4.78 is 9.77. The molecule has 0 aromatic heterocycles. The molecule has 0 fully saturated rings. The van der Waals surface area contributed by atoms with Gasteiger partial charge in [0.1, 0.15) is 0 Å². The molecule has 0 aliphatic rings. The topological polar surface area (TPSA) is 67.8 Å². The maximum atomic E-state index is 11.7. The van der Waals surface area contributed by atoms with Gasteiger partial charge >= 0.3 is 0 Å². The van der Waals surface area contributed by atoms with Crippen LogP contribution in [0.2, 0.25) is 0 Å². The fourth-order valence-electron chi connectivity index (χ4n) is 1.35. The van der Waals surface area contributed by atoms with Crippen LogP contribution in [0.3, 0.4) is 0 Å². The smallest absolute Gasteiger partial charge is 0.251 e. The SMILES string of the molecule is COCCCNC(=O)c1ccc(OC)c(O)c1. The molecule has 5 nitrogen and oxygen atoms in total. The Bertz CT molecular complexity index is 379. The molecule has 1 amide bonds. The number of methoxy groups -OCH3 is 2. The molecular formula is C12H17NO4. The summed E-state index contributed by atoms with van der Waals surface area (Å²) in [6.07, 6.45) is 0.754. The second-order valence-corrected chi connectivity index (χ2v) is 3.49. The third-order valence-corrected chi connectivity index (χ3v) is 2.25. The summed E-state index contributed by atoms with van der Waals surface area (Å²) in [4.78, 5) is 11.7. The van der Waals surface area contributed by atoms with E-state index in [9.17, 15) is 9.90 Å². The minimum atomic E-state index is -0.223. The Balaban J connectivity index is 2.54. The fraction of sp³-hybridized carbons (Fsp3) is 0.417. The molecule has 0 atom stereocenters. The van der Waals surface area contributed by atoms with Crippen LogP contribution < -0.4 is 10.1 Å². The van der Waals surface area contributed by atoms with E-state index in [4.69, 9.17) is 9.47 Å². The summed E-state index contributed by atoms with van der Waals surface area (Å²) in [5.41, 5.74) is 0.403. The Labute approximate surface area is 100 Å². The predicted octanol–water partition coefficient (Wildman–Crippen LogP) is 1.17. The van der Waals surface area contributed by atoms with Crippen LogP contribution in [-0.4, -0.2) is 38.4 Å². The van der Waals surface area contributed by atoms with E-state index >= 15 is 0 Å². The molecule has 1 aromatic rings. The Morgan fingerprint density at radius 3 is 2.76 bits per heavy atom. The van der Waals surface area contributed by atoms with E-state index in [0.717, 1.165) is 6.42 Å². The first-order valence-corrected chi connectivity index (χ1v) is 5.33. The van der Waals surface area contributed by atoms with Crippen molar-refractivity contribution in [2.75, 3.05) is 27.4 Å². The highest BCUT2D eigenvalue weighted by Gasteiger charge is 2.08. The molecule has 17 heavy (non-hydrogen) atoms. The quantitative estimate of drug-likeness (QED) is 0.731. The van der Waals surface area contributed by atoms with Gasteiger partial charge in [0.25, 0.3) is 5.91 Å². The van der Waals surface area contributed by atoms with Crippen molar-refractivity contribution < 1.29 is 19.4 Å². The first-order valence-electron chi connectivity index (χ1n) is 5.33. The summed E-state index contributed by atoms with van der Waals surface area (Å²) in [5.74, 6) is 0.0806. The van der Waals surface area contributed by atoms with E-state index < -0.39 is 0 Å². The van der Waals surface area contributed by atoms with Crippen LogP contribution in [0, 0.1) is 0 Å². The largest absolute Gasteiger partial charge is 0.504 e. The number of amides is 1. The maximum absolute atomic E-state index is 11.7. The van der Waals surface area contributed by atoms with Gasteiger partial charge in [0.05, 0.1) is 7.11 Å². The van der Waals surface area contributed by atoms with Gasteiger partial charge in [0.15, 0.2) is 11.5 Å². The van der Waals surface area contributed by atoms with Crippen molar-refractivity contribution in [3.8, 4) is 11.5 Å². The lowest BCUT2D eigenvalue weighted by molar-refractivity contribution is 0.0948. The molecule has 1 aromatic carbocycles. The zero-order valence-electron chi connectivity index (χ0n) is 10.0. The van der Waals surface area contributed by atoms with Crippen molar-refractivity contribution in [2.24, 2.45) is 0 Å². The number of phenols is 1. The van der Waals surface area contributed by atoms with Crippen LogP contribution >= 0.6 is 0 Å². The maximum Gasteiger partial charge on any atom is 0.251 e. The van der Waals surface area contributed by atoms with Crippen molar-refractivity contribution in [1.82, 2.24) is 5.32 Å². The van der Waals surface area contributed by atoms with Gasteiger partial charge in [0, 0.05) is 25.8 Å². The second kappa shape index (κ2) is 6.75. The molecule has 0 saturated heterocycles. The van der Waals surface area contributed by atoms with Gasteiger partial charge in [-0.15, -0.1) is 0 Å². The highest BCUT2D eigenvalue weighted by atomic mass is 16.5. The van der Waals surface area contributed by atoms with Crippen molar-refractivity contribution >= 4 is 5.91 Å².